The number of aromatic hydroxyl groups is 1. The van der Waals surface area contributed by atoms with Gasteiger partial charge in [-0.1, -0.05) is 12.1 Å². The van der Waals surface area contributed by atoms with Crippen LogP contribution in [0.5, 0.6) is 5.75 Å². The van der Waals surface area contributed by atoms with E-state index in [-0.39, 0.29) is 21.8 Å². The molecule has 19 heavy (non-hydrogen) atoms. The highest BCUT2D eigenvalue weighted by Crippen LogP contribution is 2.33. The van der Waals surface area contributed by atoms with Gasteiger partial charge in [0.1, 0.15) is 16.3 Å². The van der Waals surface area contributed by atoms with Crippen molar-refractivity contribution in [3.05, 3.63) is 30.0 Å². The number of carboxylic acid groups (broad SMARTS) is 1. The van der Waals surface area contributed by atoms with E-state index in [1.165, 1.54) is 24.3 Å². The lowest BCUT2D eigenvalue weighted by Gasteiger charge is -2.07. The number of aromatic nitrogens is 2. The molecule has 8 heteroatoms. The van der Waals surface area contributed by atoms with Crippen LogP contribution in [-0.4, -0.2) is 41.1 Å². The number of nitrogens with zero attached hydrogens (tertiary/aromatic N) is 1. The summed E-state index contributed by atoms with van der Waals surface area (Å²) in [5, 5.41) is 24.5. The van der Waals surface area contributed by atoms with Crippen molar-refractivity contribution in [2.24, 2.45) is 0 Å². The van der Waals surface area contributed by atoms with Crippen LogP contribution in [0, 0.1) is 0 Å². The maximum atomic E-state index is 11.7. The molecule has 0 aliphatic rings. The summed E-state index contributed by atoms with van der Waals surface area (Å²) in [4.78, 5) is 10.5. The van der Waals surface area contributed by atoms with Crippen LogP contribution in [0.4, 0.5) is 0 Å². The number of sulfone groups is 1. The molecule has 100 valence electrons. The number of carboxylic acids is 1. The minimum Gasteiger partial charge on any atom is -0.507 e. The van der Waals surface area contributed by atoms with Gasteiger partial charge in [-0.25, -0.2) is 13.2 Å². The van der Waals surface area contributed by atoms with E-state index in [4.69, 9.17) is 5.11 Å². The Kier molecular flexibility index (Phi) is 3.03. The smallest absolute Gasteiger partial charge is 0.353 e. The minimum atomic E-state index is -3.67. The molecule has 0 atom stereocenters. The van der Waals surface area contributed by atoms with Crippen molar-refractivity contribution in [2.75, 3.05) is 6.26 Å². The maximum absolute atomic E-state index is 11.7. The molecule has 0 amide bonds. The summed E-state index contributed by atoms with van der Waals surface area (Å²) >= 11 is 0. The molecule has 1 aromatic heterocycles. The molecule has 0 spiro atoms. The summed E-state index contributed by atoms with van der Waals surface area (Å²) in [5.41, 5.74) is 0.109. The summed E-state index contributed by atoms with van der Waals surface area (Å²) < 4.78 is 23.3. The highest BCUT2D eigenvalue weighted by Gasteiger charge is 2.21. The average Bonchev–Trinajstić information content (AvgIpc) is 2.75. The second-order valence-corrected chi connectivity index (χ2v) is 5.85. The Morgan fingerprint density at radius 3 is 2.58 bits per heavy atom. The Morgan fingerprint density at radius 2 is 2.05 bits per heavy atom. The van der Waals surface area contributed by atoms with Gasteiger partial charge < -0.3 is 10.2 Å². The molecule has 2 aromatic rings. The van der Waals surface area contributed by atoms with Gasteiger partial charge in [0.05, 0.1) is 5.69 Å². The SMILES string of the molecule is CS(=O)(=O)c1c(O)cccc1-c1cc(C(=O)O)[nH]n1. The lowest BCUT2D eigenvalue weighted by atomic mass is 10.1. The fraction of sp³-hybridized carbons (Fsp3) is 0.0909. The van der Waals surface area contributed by atoms with Crippen molar-refractivity contribution in [2.45, 2.75) is 4.90 Å². The van der Waals surface area contributed by atoms with Gasteiger partial charge in [0, 0.05) is 11.8 Å². The van der Waals surface area contributed by atoms with Crippen LogP contribution < -0.4 is 0 Å². The summed E-state index contributed by atoms with van der Waals surface area (Å²) in [6, 6.07) is 5.34. The molecule has 0 unspecified atom stereocenters. The van der Waals surface area contributed by atoms with E-state index in [1.54, 1.807) is 0 Å². The van der Waals surface area contributed by atoms with Gasteiger partial charge >= 0.3 is 5.97 Å². The van der Waals surface area contributed by atoms with Crippen LogP contribution in [0.3, 0.4) is 0 Å². The van der Waals surface area contributed by atoms with Gasteiger partial charge in [-0.05, 0) is 12.1 Å². The van der Waals surface area contributed by atoms with Gasteiger partial charge in [-0.2, -0.15) is 5.10 Å². The quantitative estimate of drug-likeness (QED) is 0.768. The Balaban J connectivity index is 2.69. The van der Waals surface area contributed by atoms with Crippen molar-refractivity contribution < 1.29 is 23.4 Å². The van der Waals surface area contributed by atoms with Crippen LogP contribution in [0.1, 0.15) is 10.5 Å². The highest BCUT2D eigenvalue weighted by molar-refractivity contribution is 7.91. The van der Waals surface area contributed by atoms with Crippen molar-refractivity contribution in [3.63, 3.8) is 0 Å². The van der Waals surface area contributed by atoms with E-state index in [9.17, 15) is 18.3 Å². The second kappa shape index (κ2) is 4.39. The zero-order valence-corrected chi connectivity index (χ0v) is 10.6. The van der Waals surface area contributed by atoms with Gasteiger partial charge in [0.2, 0.25) is 0 Å². The topological polar surface area (TPSA) is 120 Å². The van der Waals surface area contributed by atoms with E-state index in [1.807, 2.05) is 0 Å². The molecule has 0 bridgehead atoms. The summed E-state index contributed by atoms with van der Waals surface area (Å²) in [6.07, 6.45) is 0.955. The number of H-pyrrole nitrogens is 1. The Hall–Kier alpha value is -2.35. The minimum absolute atomic E-state index is 0.133. The van der Waals surface area contributed by atoms with Gasteiger partial charge in [-0.3, -0.25) is 5.10 Å². The van der Waals surface area contributed by atoms with Crippen molar-refractivity contribution in [1.82, 2.24) is 10.2 Å². The van der Waals surface area contributed by atoms with Crippen LogP contribution in [0.25, 0.3) is 11.3 Å². The first-order valence-electron chi connectivity index (χ1n) is 5.12. The van der Waals surface area contributed by atoms with Crippen LogP contribution in [0.2, 0.25) is 0 Å². The number of phenols is 1. The van der Waals surface area contributed by atoms with Gasteiger partial charge in [0.25, 0.3) is 0 Å². The van der Waals surface area contributed by atoms with Crippen molar-refractivity contribution in [1.29, 1.82) is 0 Å². The normalized spacial score (nSPS) is 11.4. The number of rotatable bonds is 3. The first kappa shape index (κ1) is 13.1. The summed E-state index contributed by atoms with van der Waals surface area (Å²) in [6.45, 7) is 0. The number of hydrogen-bond acceptors (Lipinski definition) is 5. The molecular weight excluding hydrogens is 272 g/mol. The fourth-order valence-corrected chi connectivity index (χ4v) is 2.71. The predicted octanol–water partition coefficient (Wildman–Crippen LogP) is 0.884. The lowest BCUT2D eigenvalue weighted by molar-refractivity contribution is 0.0690. The number of aromatic carboxylic acids is 1. The molecule has 0 aliphatic heterocycles. The third kappa shape index (κ3) is 2.43. The number of benzene rings is 1. The molecule has 1 heterocycles. The first-order valence-corrected chi connectivity index (χ1v) is 7.01. The van der Waals surface area contributed by atoms with E-state index < -0.39 is 21.6 Å². The number of carbonyl (C=O) groups is 1. The Morgan fingerprint density at radius 1 is 1.37 bits per heavy atom. The fourth-order valence-electron chi connectivity index (χ4n) is 1.69. The molecular formula is C11H10N2O5S. The van der Waals surface area contributed by atoms with E-state index in [0.717, 1.165) is 6.26 Å². The molecule has 7 nitrogen and oxygen atoms in total. The Labute approximate surface area is 108 Å². The van der Waals surface area contributed by atoms with Crippen molar-refractivity contribution in [3.8, 4) is 17.0 Å². The molecule has 2 rings (SSSR count). The molecule has 0 saturated heterocycles. The Bertz CT molecular complexity index is 748. The van der Waals surface area contributed by atoms with Gasteiger partial charge in [0.15, 0.2) is 9.84 Å². The van der Waals surface area contributed by atoms with Crippen LogP contribution in [-0.2, 0) is 9.84 Å². The number of phenolic OH excluding ortho intramolecular Hbond substituents is 1. The third-order valence-electron chi connectivity index (χ3n) is 2.45. The zero-order valence-electron chi connectivity index (χ0n) is 9.78. The molecule has 0 saturated carbocycles. The zero-order chi connectivity index (χ0) is 14.2. The van der Waals surface area contributed by atoms with E-state index >= 15 is 0 Å². The average molecular weight is 282 g/mol. The summed E-state index contributed by atoms with van der Waals surface area (Å²) in [7, 11) is -3.67. The predicted molar refractivity (Wildman–Crippen MR) is 65.8 cm³/mol. The third-order valence-corrected chi connectivity index (χ3v) is 3.62. The van der Waals surface area contributed by atoms with Crippen LogP contribution in [0.15, 0.2) is 29.2 Å². The monoisotopic (exact) mass is 282 g/mol. The molecule has 0 fully saturated rings. The summed E-state index contributed by atoms with van der Waals surface area (Å²) in [5.74, 6) is -1.61. The number of aromatic amines is 1. The largest absolute Gasteiger partial charge is 0.507 e. The molecule has 3 N–H and O–H groups in total. The maximum Gasteiger partial charge on any atom is 0.353 e. The standard InChI is InChI=1S/C11H10N2O5S/c1-19(17,18)10-6(3-2-4-9(10)14)7-5-8(11(15)16)13-12-7/h2-5,14H,1H3,(H,12,13)(H,15,16). The molecule has 0 radical (unpaired) electrons. The highest BCUT2D eigenvalue weighted by atomic mass is 32.2. The van der Waals surface area contributed by atoms with Gasteiger partial charge in [-0.15, -0.1) is 0 Å². The van der Waals surface area contributed by atoms with E-state index in [0.29, 0.717) is 0 Å². The van der Waals surface area contributed by atoms with E-state index in [2.05, 4.69) is 10.2 Å². The second-order valence-electron chi connectivity index (χ2n) is 3.90. The van der Waals surface area contributed by atoms with Crippen LogP contribution >= 0.6 is 0 Å². The number of nitrogens with one attached hydrogen (secondary N) is 1. The molecule has 1 aromatic carbocycles. The van der Waals surface area contributed by atoms with Crippen molar-refractivity contribution >= 4 is 15.8 Å². The lowest BCUT2D eigenvalue weighted by Crippen LogP contribution is -2.00. The number of hydrogen-bond donors (Lipinski definition) is 3. The first-order chi connectivity index (χ1) is 8.80. The molecule has 0 aliphatic carbocycles.